The van der Waals surface area contributed by atoms with Crippen LogP contribution in [0.5, 0.6) is 5.75 Å². The van der Waals surface area contributed by atoms with E-state index in [1.807, 2.05) is 0 Å². The Kier molecular flexibility index (Phi) is 6.31. The van der Waals surface area contributed by atoms with Gasteiger partial charge in [-0.3, -0.25) is 9.69 Å². The minimum absolute atomic E-state index is 0. The number of ether oxygens (including phenoxy) is 1. The van der Waals surface area contributed by atoms with Crippen molar-refractivity contribution in [2.75, 3.05) is 0 Å². The summed E-state index contributed by atoms with van der Waals surface area (Å²) in [6.07, 6.45) is -0.926. The van der Waals surface area contributed by atoms with E-state index < -0.39 is 35.5 Å². The third-order valence-corrected chi connectivity index (χ3v) is 4.73. The van der Waals surface area contributed by atoms with Crippen LogP contribution in [-0.4, -0.2) is 39.3 Å². The van der Waals surface area contributed by atoms with E-state index in [0.29, 0.717) is 12.8 Å². The number of carbonyl (C=O) groups excluding carboxylic acids is 2. The van der Waals surface area contributed by atoms with Gasteiger partial charge in [-0.05, 0) is 30.5 Å². The number of carbonyl (C=O) groups is 2. The SMILES string of the molecule is CC(C)(C)C1=C(C(=O)[O-])N2C(=O)[C@H]([C@H](O)CCc3ccc(O)cc3)[C@H]2O1.[Na+]. The number of aliphatic carboxylic acids is 1. The third kappa shape index (κ3) is 4.01. The molecule has 0 saturated carbocycles. The molecule has 140 valence electrons. The van der Waals surface area contributed by atoms with Crippen molar-refractivity contribution >= 4 is 11.9 Å². The molecule has 2 heterocycles. The first-order chi connectivity index (χ1) is 12.1. The number of phenolic OH excluding ortho intramolecular Hbond substituents is 1. The maximum Gasteiger partial charge on any atom is 1.00 e. The molecular formula is C19H22NNaO6. The number of aromatic hydroxyl groups is 1. The van der Waals surface area contributed by atoms with Gasteiger partial charge in [-0.15, -0.1) is 0 Å². The first-order valence-electron chi connectivity index (χ1n) is 8.53. The number of benzene rings is 1. The summed E-state index contributed by atoms with van der Waals surface area (Å²) in [5.74, 6) is -2.37. The van der Waals surface area contributed by atoms with E-state index in [-0.39, 0.29) is 46.8 Å². The quantitative estimate of drug-likeness (QED) is 0.430. The predicted octanol–water partition coefficient (Wildman–Crippen LogP) is -2.49. The van der Waals surface area contributed by atoms with Crippen LogP contribution >= 0.6 is 0 Å². The number of hydrogen-bond acceptors (Lipinski definition) is 6. The number of hydrogen-bond donors (Lipinski definition) is 2. The molecule has 8 heteroatoms. The third-order valence-electron chi connectivity index (χ3n) is 4.73. The zero-order chi connectivity index (χ0) is 19.2. The van der Waals surface area contributed by atoms with E-state index in [0.717, 1.165) is 10.5 Å². The second kappa shape index (κ2) is 7.83. The normalized spacial score (nSPS) is 22.5. The van der Waals surface area contributed by atoms with Crippen molar-refractivity contribution in [3.63, 3.8) is 0 Å². The van der Waals surface area contributed by atoms with Gasteiger partial charge in [0, 0.05) is 5.41 Å². The van der Waals surface area contributed by atoms with Crippen LogP contribution in [0.1, 0.15) is 32.8 Å². The molecule has 3 atom stereocenters. The van der Waals surface area contributed by atoms with Crippen LogP contribution in [0.3, 0.4) is 0 Å². The van der Waals surface area contributed by atoms with Crippen LogP contribution in [0.2, 0.25) is 0 Å². The average molecular weight is 383 g/mol. The number of carboxylic acid groups (broad SMARTS) is 1. The molecule has 2 aliphatic heterocycles. The smallest absolute Gasteiger partial charge is 0.543 e. The summed E-state index contributed by atoms with van der Waals surface area (Å²) in [5, 5.41) is 31.2. The summed E-state index contributed by atoms with van der Waals surface area (Å²) in [6, 6.07) is 6.61. The maximum atomic E-state index is 12.5. The average Bonchev–Trinajstić information content (AvgIpc) is 2.90. The van der Waals surface area contributed by atoms with E-state index >= 15 is 0 Å². The molecule has 27 heavy (non-hydrogen) atoms. The number of fused-ring (bicyclic) bond motifs is 1. The number of carboxylic acids is 1. The molecule has 0 aromatic heterocycles. The van der Waals surface area contributed by atoms with Gasteiger partial charge in [0.25, 0.3) is 0 Å². The minimum Gasteiger partial charge on any atom is -0.543 e. The van der Waals surface area contributed by atoms with Crippen LogP contribution in [0.25, 0.3) is 0 Å². The summed E-state index contributed by atoms with van der Waals surface area (Å²) in [5.41, 5.74) is 0.0745. The van der Waals surface area contributed by atoms with Gasteiger partial charge in [0.2, 0.25) is 5.91 Å². The monoisotopic (exact) mass is 383 g/mol. The fraction of sp³-hybridized carbons (Fsp3) is 0.474. The van der Waals surface area contributed by atoms with Gasteiger partial charge in [-0.1, -0.05) is 32.9 Å². The van der Waals surface area contributed by atoms with E-state index in [9.17, 15) is 24.9 Å². The summed E-state index contributed by atoms with van der Waals surface area (Å²) in [4.78, 5) is 25.0. The molecule has 0 spiro atoms. The Morgan fingerprint density at radius 1 is 1.30 bits per heavy atom. The fourth-order valence-corrected chi connectivity index (χ4v) is 3.37. The molecule has 0 radical (unpaired) electrons. The molecular weight excluding hydrogens is 361 g/mol. The Morgan fingerprint density at radius 2 is 1.89 bits per heavy atom. The van der Waals surface area contributed by atoms with E-state index in [1.165, 1.54) is 0 Å². The van der Waals surface area contributed by atoms with Crippen LogP contribution < -0.4 is 34.7 Å². The molecule has 2 N–H and O–H groups in total. The van der Waals surface area contributed by atoms with Gasteiger partial charge in [-0.25, -0.2) is 0 Å². The fourth-order valence-electron chi connectivity index (χ4n) is 3.37. The first-order valence-corrected chi connectivity index (χ1v) is 8.53. The van der Waals surface area contributed by atoms with Crippen molar-refractivity contribution < 1.29 is 59.2 Å². The Balaban J connectivity index is 0.00000261. The second-order valence-electron chi connectivity index (χ2n) is 7.73. The summed E-state index contributed by atoms with van der Waals surface area (Å²) >= 11 is 0. The van der Waals surface area contributed by atoms with Crippen LogP contribution in [0, 0.1) is 11.3 Å². The van der Waals surface area contributed by atoms with Gasteiger partial charge in [0.15, 0.2) is 6.23 Å². The zero-order valence-corrected chi connectivity index (χ0v) is 17.9. The van der Waals surface area contributed by atoms with E-state index in [4.69, 9.17) is 4.74 Å². The number of aryl methyl sites for hydroxylation is 1. The van der Waals surface area contributed by atoms with E-state index in [2.05, 4.69) is 0 Å². The van der Waals surface area contributed by atoms with Crippen molar-refractivity contribution in [2.45, 2.75) is 45.9 Å². The number of allylic oxidation sites excluding steroid dienone is 1. The van der Waals surface area contributed by atoms with Gasteiger partial charge >= 0.3 is 29.6 Å². The number of aliphatic hydroxyl groups excluding tert-OH is 1. The summed E-state index contributed by atoms with van der Waals surface area (Å²) in [7, 11) is 0. The molecule has 0 aliphatic carbocycles. The molecule has 7 nitrogen and oxygen atoms in total. The second-order valence-corrected chi connectivity index (χ2v) is 7.73. The Morgan fingerprint density at radius 3 is 2.41 bits per heavy atom. The maximum absolute atomic E-state index is 12.5. The number of amides is 1. The molecule has 1 saturated heterocycles. The molecule has 1 amide bonds. The van der Waals surface area contributed by atoms with Crippen molar-refractivity contribution in [2.24, 2.45) is 11.3 Å². The molecule has 1 aromatic rings. The predicted molar refractivity (Wildman–Crippen MR) is 89.1 cm³/mol. The van der Waals surface area contributed by atoms with Gasteiger partial charge in [-0.2, -0.15) is 0 Å². The standard InChI is InChI=1S/C19H23NO6.Na/c1-19(2,3)15-14(18(24)25)20-16(23)13(17(20)26-15)12(22)9-6-10-4-7-11(21)8-5-10;/h4-5,7-8,12-13,17,21-22H,6,9H2,1-3H3,(H,24,25);/q;+1/p-1/t12-,13+,17-;/m1./s1. The van der Waals surface area contributed by atoms with Crippen molar-refractivity contribution in [3.05, 3.63) is 41.3 Å². The molecule has 1 fully saturated rings. The van der Waals surface area contributed by atoms with Crippen molar-refractivity contribution in [3.8, 4) is 5.75 Å². The zero-order valence-electron chi connectivity index (χ0n) is 15.9. The summed E-state index contributed by atoms with van der Waals surface area (Å²) < 4.78 is 5.74. The molecule has 0 bridgehead atoms. The van der Waals surface area contributed by atoms with Gasteiger partial charge < -0.3 is 24.9 Å². The van der Waals surface area contributed by atoms with Gasteiger partial charge in [0.05, 0.1) is 12.1 Å². The molecule has 3 rings (SSSR count). The summed E-state index contributed by atoms with van der Waals surface area (Å²) in [6.45, 7) is 5.37. The van der Waals surface area contributed by atoms with Crippen molar-refractivity contribution in [1.82, 2.24) is 4.90 Å². The number of β-lactam (4-membered cyclic amide) rings is 1. The Bertz CT molecular complexity index is 767. The molecule has 1 aromatic carbocycles. The number of rotatable bonds is 5. The Labute approximate surface area is 179 Å². The van der Waals surface area contributed by atoms with Gasteiger partial charge in [0.1, 0.15) is 23.1 Å². The number of aliphatic hydroxyl groups is 1. The van der Waals surface area contributed by atoms with Crippen LogP contribution in [0.4, 0.5) is 0 Å². The first kappa shape index (κ1) is 21.8. The minimum atomic E-state index is -1.46. The molecule has 2 aliphatic rings. The largest absolute Gasteiger partial charge is 1.00 e. The Hall–Kier alpha value is -1.54. The molecule has 0 unspecified atom stereocenters. The van der Waals surface area contributed by atoms with Crippen LogP contribution in [0.15, 0.2) is 35.7 Å². The topological polar surface area (TPSA) is 110 Å². The number of nitrogens with zero attached hydrogens (tertiary/aromatic N) is 1. The van der Waals surface area contributed by atoms with Crippen LogP contribution in [-0.2, 0) is 20.7 Å². The van der Waals surface area contributed by atoms with E-state index in [1.54, 1.807) is 45.0 Å². The van der Waals surface area contributed by atoms with Crippen molar-refractivity contribution in [1.29, 1.82) is 0 Å². The number of phenols is 1.